The maximum Gasteiger partial charge on any atom is 0.0413 e. The van der Waals surface area contributed by atoms with E-state index in [9.17, 15) is 0 Å². The van der Waals surface area contributed by atoms with Crippen LogP contribution in [0.2, 0.25) is 5.02 Å². The molecule has 0 N–H and O–H groups in total. The van der Waals surface area contributed by atoms with Crippen LogP contribution in [0.1, 0.15) is 0 Å². The second kappa shape index (κ2) is 4.34. The van der Waals surface area contributed by atoms with E-state index in [2.05, 4.69) is 47.2 Å². The summed E-state index contributed by atoms with van der Waals surface area (Å²) in [5.41, 5.74) is 2.61. The molecule has 0 atom stereocenters. The van der Waals surface area contributed by atoms with Crippen molar-refractivity contribution in [2.45, 2.75) is 0 Å². The Bertz CT molecular complexity index is 886. The number of hydrogen-bond donors (Lipinski definition) is 0. The van der Waals surface area contributed by atoms with Gasteiger partial charge >= 0.3 is 0 Å². The average Bonchev–Trinajstić information content (AvgIpc) is 3.01. The van der Waals surface area contributed by atoms with E-state index < -0.39 is 0 Å². The lowest BCUT2D eigenvalue weighted by Gasteiger charge is -1.99. The minimum atomic E-state index is 0.798. The lowest BCUT2D eigenvalue weighted by atomic mass is 10.0. The molecule has 3 heteroatoms. The summed E-state index contributed by atoms with van der Waals surface area (Å²) >= 11 is 9.71. The molecule has 2 aromatic heterocycles. The summed E-state index contributed by atoms with van der Waals surface area (Å²) in [6.07, 6.45) is 0. The van der Waals surface area contributed by atoms with Gasteiger partial charge < -0.3 is 0 Å². The molecular formula is C16H9ClS2. The molecule has 19 heavy (non-hydrogen) atoms. The van der Waals surface area contributed by atoms with Crippen LogP contribution in [0.3, 0.4) is 0 Å². The zero-order chi connectivity index (χ0) is 12.8. The van der Waals surface area contributed by atoms with Crippen LogP contribution in [0.15, 0.2) is 53.2 Å². The molecule has 4 aromatic rings. The van der Waals surface area contributed by atoms with Crippen molar-refractivity contribution >= 4 is 54.4 Å². The average molecular weight is 301 g/mol. The molecule has 0 spiro atoms. The fourth-order valence-electron chi connectivity index (χ4n) is 2.40. The number of rotatable bonds is 1. The fraction of sp³-hybridized carbons (Fsp3) is 0. The second-order valence-electron chi connectivity index (χ2n) is 4.44. The summed E-state index contributed by atoms with van der Waals surface area (Å²) in [5.74, 6) is 0. The van der Waals surface area contributed by atoms with Crippen molar-refractivity contribution in [3.63, 3.8) is 0 Å². The second-order valence-corrected chi connectivity index (χ2v) is 6.69. The van der Waals surface area contributed by atoms with E-state index in [-0.39, 0.29) is 0 Å². The third-order valence-corrected chi connectivity index (χ3v) is 5.47. The van der Waals surface area contributed by atoms with Crippen LogP contribution in [-0.2, 0) is 0 Å². The summed E-state index contributed by atoms with van der Waals surface area (Å²) in [6.45, 7) is 0. The molecule has 2 aromatic carbocycles. The Morgan fingerprint density at radius 1 is 0.737 bits per heavy atom. The third-order valence-electron chi connectivity index (χ3n) is 3.31. The molecule has 0 bridgehead atoms. The minimum absolute atomic E-state index is 0.798. The van der Waals surface area contributed by atoms with Gasteiger partial charge in [-0.05, 0) is 35.0 Å². The standard InChI is InChI=1S/C16H9ClS2/c17-10-5-6-16-12(7-10)14(9-19-16)13-8-18-15-4-2-1-3-11(13)15/h1-9H. The van der Waals surface area contributed by atoms with Gasteiger partial charge in [-0.15, -0.1) is 22.7 Å². The maximum atomic E-state index is 6.13. The Morgan fingerprint density at radius 3 is 2.26 bits per heavy atom. The van der Waals surface area contributed by atoms with E-state index in [0.717, 1.165) is 5.02 Å². The van der Waals surface area contributed by atoms with Gasteiger partial charge in [0, 0.05) is 36.3 Å². The molecule has 0 radical (unpaired) electrons. The molecule has 0 aliphatic rings. The van der Waals surface area contributed by atoms with Gasteiger partial charge in [0.05, 0.1) is 0 Å². The quantitative estimate of drug-likeness (QED) is 0.379. The van der Waals surface area contributed by atoms with Crippen molar-refractivity contribution in [2.24, 2.45) is 0 Å². The normalized spacial score (nSPS) is 11.4. The molecule has 0 aliphatic carbocycles. The zero-order valence-electron chi connectivity index (χ0n) is 9.89. The van der Waals surface area contributed by atoms with E-state index in [4.69, 9.17) is 11.6 Å². The van der Waals surface area contributed by atoms with E-state index in [1.807, 2.05) is 6.07 Å². The predicted octanol–water partition coefficient (Wildman–Crippen LogP) is 6.44. The summed E-state index contributed by atoms with van der Waals surface area (Å²) in [4.78, 5) is 0. The van der Waals surface area contributed by atoms with Gasteiger partial charge in [-0.25, -0.2) is 0 Å². The molecule has 0 amide bonds. The molecule has 0 aliphatic heterocycles. The Morgan fingerprint density at radius 2 is 1.42 bits per heavy atom. The van der Waals surface area contributed by atoms with Crippen LogP contribution in [0.25, 0.3) is 31.3 Å². The SMILES string of the molecule is Clc1ccc2scc(-c3csc4ccccc34)c2c1. The molecule has 0 nitrogen and oxygen atoms in total. The van der Waals surface area contributed by atoms with Crippen molar-refractivity contribution in [2.75, 3.05) is 0 Å². The molecule has 0 fully saturated rings. The zero-order valence-corrected chi connectivity index (χ0v) is 12.3. The summed E-state index contributed by atoms with van der Waals surface area (Å²) < 4.78 is 2.62. The van der Waals surface area contributed by atoms with Crippen molar-refractivity contribution in [1.82, 2.24) is 0 Å². The van der Waals surface area contributed by atoms with Crippen molar-refractivity contribution in [1.29, 1.82) is 0 Å². The fourth-order valence-corrected chi connectivity index (χ4v) is 4.47. The van der Waals surface area contributed by atoms with Crippen molar-refractivity contribution in [3.05, 3.63) is 58.2 Å². The van der Waals surface area contributed by atoms with Gasteiger partial charge in [0.15, 0.2) is 0 Å². The van der Waals surface area contributed by atoms with Gasteiger partial charge in [0.1, 0.15) is 0 Å². The van der Waals surface area contributed by atoms with Gasteiger partial charge in [-0.2, -0.15) is 0 Å². The lowest BCUT2D eigenvalue weighted by Crippen LogP contribution is -1.73. The van der Waals surface area contributed by atoms with Crippen LogP contribution in [0.5, 0.6) is 0 Å². The van der Waals surface area contributed by atoms with Crippen LogP contribution < -0.4 is 0 Å². The van der Waals surface area contributed by atoms with Crippen LogP contribution in [-0.4, -0.2) is 0 Å². The smallest absolute Gasteiger partial charge is 0.0413 e. The molecule has 4 rings (SSSR count). The molecule has 0 unspecified atom stereocenters. The Balaban J connectivity index is 2.06. The van der Waals surface area contributed by atoms with Crippen LogP contribution in [0, 0.1) is 0 Å². The Hall–Kier alpha value is -1.35. The van der Waals surface area contributed by atoms with E-state index >= 15 is 0 Å². The first-order chi connectivity index (χ1) is 9.33. The topological polar surface area (TPSA) is 0 Å². The molecule has 0 saturated carbocycles. The van der Waals surface area contributed by atoms with E-state index in [1.165, 1.54) is 31.3 Å². The molecule has 0 saturated heterocycles. The van der Waals surface area contributed by atoms with Crippen molar-refractivity contribution < 1.29 is 0 Å². The van der Waals surface area contributed by atoms with Crippen LogP contribution >= 0.6 is 34.3 Å². The summed E-state index contributed by atoms with van der Waals surface area (Å²) in [5, 5.41) is 7.85. The minimum Gasteiger partial charge on any atom is -0.143 e. The van der Waals surface area contributed by atoms with Gasteiger partial charge in [0.2, 0.25) is 0 Å². The summed E-state index contributed by atoms with van der Waals surface area (Å²) in [6, 6.07) is 14.7. The van der Waals surface area contributed by atoms with E-state index in [1.54, 1.807) is 22.7 Å². The van der Waals surface area contributed by atoms with Gasteiger partial charge in [0.25, 0.3) is 0 Å². The lowest BCUT2D eigenvalue weighted by molar-refractivity contribution is 1.81. The number of hydrogen-bond acceptors (Lipinski definition) is 2. The van der Waals surface area contributed by atoms with Gasteiger partial charge in [-0.3, -0.25) is 0 Å². The number of fused-ring (bicyclic) bond motifs is 2. The largest absolute Gasteiger partial charge is 0.143 e. The Kier molecular flexibility index (Phi) is 2.62. The predicted molar refractivity (Wildman–Crippen MR) is 87.7 cm³/mol. The highest BCUT2D eigenvalue weighted by molar-refractivity contribution is 7.18. The molecular weight excluding hydrogens is 292 g/mol. The third kappa shape index (κ3) is 1.79. The molecule has 2 heterocycles. The van der Waals surface area contributed by atoms with Crippen LogP contribution in [0.4, 0.5) is 0 Å². The number of halogens is 1. The maximum absolute atomic E-state index is 6.13. The first-order valence-corrected chi connectivity index (χ1v) is 8.10. The molecule has 92 valence electrons. The monoisotopic (exact) mass is 300 g/mol. The first-order valence-electron chi connectivity index (χ1n) is 5.96. The van der Waals surface area contributed by atoms with Gasteiger partial charge in [-0.1, -0.05) is 29.8 Å². The Labute approximate surface area is 123 Å². The summed E-state index contributed by atoms with van der Waals surface area (Å²) in [7, 11) is 0. The number of thiophene rings is 2. The highest BCUT2D eigenvalue weighted by Gasteiger charge is 2.11. The first kappa shape index (κ1) is 11.5. The van der Waals surface area contributed by atoms with Crippen molar-refractivity contribution in [3.8, 4) is 11.1 Å². The highest BCUT2D eigenvalue weighted by Crippen LogP contribution is 2.40. The van der Waals surface area contributed by atoms with E-state index in [0.29, 0.717) is 0 Å². The highest BCUT2D eigenvalue weighted by atomic mass is 35.5. The number of benzene rings is 2.